The summed E-state index contributed by atoms with van der Waals surface area (Å²) in [6, 6.07) is 23.7. The maximum Gasteiger partial charge on any atom is 0.264 e. The van der Waals surface area contributed by atoms with Crippen molar-refractivity contribution in [2.45, 2.75) is 51.5 Å². The molecule has 5 nitrogen and oxygen atoms in total. The van der Waals surface area contributed by atoms with Crippen LogP contribution in [-0.4, -0.2) is 20.9 Å². The molecule has 1 N–H and O–H groups in total. The average molecular weight is 479 g/mol. The van der Waals surface area contributed by atoms with Crippen LogP contribution in [0.3, 0.4) is 0 Å². The second-order valence-electron chi connectivity index (χ2n) is 8.97. The second-order valence-corrected chi connectivity index (χ2v) is 10.8. The molecule has 0 aliphatic carbocycles. The number of aryl methyl sites for hydroxylation is 2. The van der Waals surface area contributed by atoms with E-state index in [0.717, 1.165) is 23.1 Å². The van der Waals surface area contributed by atoms with Gasteiger partial charge in [-0.15, -0.1) is 0 Å². The van der Waals surface area contributed by atoms with Gasteiger partial charge in [0.05, 0.1) is 16.6 Å². The number of nitrogens with zero attached hydrogens (tertiary/aromatic N) is 1. The van der Waals surface area contributed by atoms with Gasteiger partial charge in [-0.3, -0.25) is 9.10 Å². The fraction of sp³-hybridized carbons (Fsp3) is 0.321. The fourth-order valence-electron chi connectivity index (χ4n) is 4.00. The summed E-state index contributed by atoms with van der Waals surface area (Å²) in [6.45, 7) is 7.80. The topological polar surface area (TPSA) is 66.5 Å². The van der Waals surface area contributed by atoms with Crippen molar-refractivity contribution < 1.29 is 13.2 Å². The molecule has 3 aromatic carbocycles. The zero-order valence-corrected chi connectivity index (χ0v) is 21.2. The molecule has 0 heterocycles. The lowest BCUT2D eigenvalue weighted by atomic mass is 9.97. The molecule has 0 fully saturated rings. The van der Waals surface area contributed by atoms with Gasteiger partial charge in [0.2, 0.25) is 5.91 Å². The van der Waals surface area contributed by atoms with E-state index in [2.05, 4.69) is 19.2 Å². The van der Waals surface area contributed by atoms with E-state index in [4.69, 9.17) is 0 Å². The first-order valence-corrected chi connectivity index (χ1v) is 13.2. The smallest absolute Gasteiger partial charge is 0.264 e. The third kappa shape index (κ3) is 6.26. The Labute approximate surface area is 203 Å². The summed E-state index contributed by atoms with van der Waals surface area (Å²) >= 11 is 0. The van der Waals surface area contributed by atoms with Crippen LogP contribution in [-0.2, 0) is 21.2 Å². The van der Waals surface area contributed by atoms with Crippen LogP contribution in [0.1, 0.15) is 49.9 Å². The van der Waals surface area contributed by atoms with Crippen LogP contribution < -0.4 is 9.62 Å². The van der Waals surface area contributed by atoms with E-state index in [-0.39, 0.29) is 23.4 Å². The van der Waals surface area contributed by atoms with Crippen LogP contribution in [0.15, 0.2) is 83.8 Å². The number of rotatable bonds is 10. The van der Waals surface area contributed by atoms with Crippen LogP contribution in [0.5, 0.6) is 0 Å². The number of nitrogens with one attached hydrogen (secondary N) is 1. The summed E-state index contributed by atoms with van der Waals surface area (Å²) in [4.78, 5) is 13.5. The van der Waals surface area contributed by atoms with E-state index in [1.807, 2.05) is 56.3 Å². The molecule has 6 heteroatoms. The molecule has 180 valence electrons. The summed E-state index contributed by atoms with van der Waals surface area (Å²) < 4.78 is 28.7. The van der Waals surface area contributed by atoms with Crippen molar-refractivity contribution in [2.24, 2.45) is 5.92 Å². The molecule has 0 saturated carbocycles. The minimum absolute atomic E-state index is 0.165. The first kappa shape index (κ1) is 25.5. The number of carbonyl (C=O) groups is 1. The molecule has 0 aliphatic rings. The lowest BCUT2D eigenvalue weighted by Gasteiger charge is -2.28. The predicted octanol–water partition coefficient (Wildman–Crippen LogP) is 5.66. The van der Waals surface area contributed by atoms with Gasteiger partial charge in [-0.05, 0) is 55.0 Å². The number of para-hydroxylation sites is 1. The summed E-state index contributed by atoms with van der Waals surface area (Å²) in [5.74, 6) is 0.0230. The maximum atomic E-state index is 13.7. The first-order valence-electron chi connectivity index (χ1n) is 11.7. The van der Waals surface area contributed by atoms with Crippen LogP contribution >= 0.6 is 0 Å². The van der Waals surface area contributed by atoms with Gasteiger partial charge in [-0.25, -0.2) is 8.42 Å². The largest absolute Gasteiger partial charge is 0.348 e. The van der Waals surface area contributed by atoms with Gasteiger partial charge in [0.1, 0.15) is 6.54 Å². The molecule has 0 saturated heterocycles. The molecule has 1 unspecified atom stereocenters. The highest BCUT2D eigenvalue weighted by atomic mass is 32.2. The van der Waals surface area contributed by atoms with Crippen LogP contribution in [0, 0.1) is 12.8 Å². The Bertz CT molecular complexity index is 1190. The third-order valence-corrected chi connectivity index (χ3v) is 7.56. The molecule has 3 rings (SSSR count). The Morgan fingerprint density at radius 1 is 0.912 bits per heavy atom. The van der Waals surface area contributed by atoms with Gasteiger partial charge in [0, 0.05) is 0 Å². The van der Waals surface area contributed by atoms with E-state index in [1.54, 1.807) is 36.4 Å². The van der Waals surface area contributed by atoms with E-state index < -0.39 is 10.0 Å². The SMILES string of the molecule is CCc1ccccc1N(CC(=O)NC(CC(C)C)c1ccccc1)S(=O)(=O)c1ccc(C)cc1. The molecule has 0 aromatic heterocycles. The molecule has 0 spiro atoms. The average Bonchev–Trinajstić information content (AvgIpc) is 2.82. The van der Waals surface area contributed by atoms with Crippen LogP contribution in [0.4, 0.5) is 5.69 Å². The number of carbonyl (C=O) groups excluding carboxylic acids is 1. The monoisotopic (exact) mass is 478 g/mol. The molecular formula is C28H34N2O3S. The Morgan fingerprint density at radius 2 is 1.53 bits per heavy atom. The molecule has 0 aliphatic heterocycles. The van der Waals surface area contributed by atoms with Gasteiger partial charge in [0.25, 0.3) is 10.0 Å². The van der Waals surface area contributed by atoms with Crippen LogP contribution in [0.2, 0.25) is 0 Å². The third-order valence-electron chi connectivity index (χ3n) is 5.78. The van der Waals surface area contributed by atoms with Crippen molar-refractivity contribution in [1.29, 1.82) is 0 Å². The predicted molar refractivity (Wildman–Crippen MR) is 138 cm³/mol. The summed E-state index contributed by atoms with van der Waals surface area (Å²) in [5.41, 5.74) is 3.37. The standard InChI is InChI=1S/C28H34N2O3S/c1-5-23-11-9-10-14-27(23)30(34(32,33)25-17-15-22(4)16-18-25)20-28(31)29-26(19-21(2)3)24-12-7-6-8-13-24/h6-18,21,26H,5,19-20H2,1-4H3,(H,29,31). The number of hydrogen-bond donors (Lipinski definition) is 1. The van der Waals surface area contributed by atoms with Crippen LogP contribution in [0.25, 0.3) is 0 Å². The number of amides is 1. The van der Waals surface area contributed by atoms with E-state index in [9.17, 15) is 13.2 Å². The van der Waals surface area contributed by atoms with E-state index in [0.29, 0.717) is 18.0 Å². The van der Waals surface area contributed by atoms with E-state index >= 15 is 0 Å². The molecule has 34 heavy (non-hydrogen) atoms. The Hall–Kier alpha value is -3.12. The highest BCUT2D eigenvalue weighted by Crippen LogP contribution is 2.28. The van der Waals surface area contributed by atoms with Gasteiger partial charge in [-0.1, -0.05) is 87.0 Å². The van der Waals surface area contributed by atoms with Crippen molar-refractivity contribution in [3.8, 4) is 0 Å². The zero-order chi connectivity index (χ0) is 24.7. The maximum absolute atomic E-state index is 13.7. The number of benzene rings is 3. The van der Waals surface area contributed by atoms with Gasteiger partial charge >= 0.3 is 0 Å². The minimum Gasteiger partial charge on any atom is -0.348 e. The fourth-order valence-corrected chi connectivity index (χ4v) is 5.45. The first-order chi connectivity index (χ1) is 16.2. The Morgan fingerprint density at radius 3 is 2.15 bits per heavy atom. The Kier molecular flexibility index (Phi) is 8.51. The zero-order valence-electron chi connectivity index (χ0n) is 20.4. The lowest BCUT2D eigenvalue weighted by Crippen LogP contribution is -2.42. The van der Waals surface area contributed by atoms with Crippen molar-refractivity contribution >= 4 is 21.6 Å². The Balaban J connectivity index is 1.96. The van der Waals surface area contributed by atoms with Gasteiger partial charge < -0.3 is 5.32 Å². The quantitative estimate of drug-likeness (QED) is 0.409. The second kappa shape index (κ2) is 11.3. The number of sulfonamides is 1. The highest BCUT2D eigenvalue weighted by molar-refractivity contribution is 7.92. The van der Waals surface area contributed by atoms with Crippen molar-refractivity contribution in [3.05, 3.63) is 95.6 Å². The van der Waals surface area contributed by atoms with Gasteiger partial charge in [0.15, 0.2) is 0 Å². The van der Waals surface area contributed by atoms with Gasteiger partial charge in [-0.2, -0.15) is 0 Å². The molecule has 0 radical (unpaired) electrons. The molecule has 0 bridgehead atoms. The highest BCUT2D eigenvalue weighted by Gasteiger charge is 2.29. The lowest BCUT2D eigenvalue weighted by molar-refractivity contribution is -0.120. The summed E-state index contributed by atoms with van der Waals surface area (Å²) in [6.07, 6.45) is 1.41. The normalized spacial score (nSPS) is 12.4. The molecule has 3 aromatic rings. The number of anilines is 1. The van der Waals surface area contributed by atoms with E-state index in [1.165, 1.54) is 4.31 Å². The summed E-state index contributed by atoms with van der Waals surface area (Å²) in [5, 5.41) is 3.09. The number of hydrogen-bond acceptors (Lipinski definition) is 3. The minimum atomic E-state index is -3.95. The summed E-state index contributed by atoms with van der Waals surface area (Å²) in [7, 11) is -3.95. The van der Waals surface area contributed by atoms with Crippen molar-refractivity contribution in [2.75, 3.05) is 10.8 Å². The molecule has 1 amide bonds. The molecule has 1 atom stereocenters. The molecular weight excluding hydrogens is 444 g/mol. The van der Waals surface area contributed by atoms with Crippen molar-refractivity contribution in [1.82, 2.24) is 5.32 Å². The van der Waals surface area contributed by atoms with Crippen molar-refractivity contribution in [3.63, 3.8) is 0 Å².